The lowest BCUT2D eigenvalue weighted by Crippen LogP contribution is -2.32. The molecular weight excluding hydrogens is 306 g/mol. The van der Waals surface area contributed by atoms with E-state index < -0.39 is 0 Å². The van der Waals surface area contributed by atoms with Gasteiger partial charge in [-0.05, 0) is 53.2 Å². The Balaban J connectivity index is 1.56. The van der Waals surface area contributed by atoms with Crippen LogP contribution in [-0.2, 0) is 4.79 Å². The highest BCUT2D eigenvalue weighted by Gasteiger charge is 2.17. The second-order valence-electron chi connectivity index (χ2n) is 4.98. The van der Waals surface area contributed by atoms with Gasteiger partial charge in [-0.1, -0.05) is 18.6 Å². The third-order valence-corrected chi connectivity index (χ3v) is 4.11. The average molecular weight is 326 g/mol. The number of hydrogen-bond donors (Lipinski definition) is 1. The van der Waals surface area contributed by atoms with Gasteiger partial charge < -0.3 is 10.1 Å². The lowest BCUT2D eigenvalue weighted by Gasteiger charge is -2.25. The third kappa shape index (κ3) is 4.86. The first-order chi connectivity index (χ1) is 9.25. The van der Waals surface area contributed by atoms with Crippen LogP contribution in [0.3, 0.4) is 0 Å². The fourth-order valence-electron chi connectivity index (χ4n) is 2.02. The molecule has 2 rings (SSSR count). The molecule has 0 spiro atoms. The SMILES string of the molecule is O=C(CCCOc1ccccc1Br)NCC1CCC1. The maximum absolute atomic E-state index is 11.6. The van der Waals surface area contributed by atoms with Gasteiger partial charge in [0.25, 0.3) is 0 Å². The molecule has 1 aliphatic carbocycles. The smallest absolute Gasteiger partial charge is 0.220 e. The van der Waals surface area contributed by atoms with Crippen molar-refractivity contribution in [2.75, 3.05) is 13.2 Å². The molecule has 1 N–H and O–H groups in total. The largest absolute Gasteiger partial charge is 0.492 e. The van der Waals surface area contributed by atoms with Crippen molar-refractivity contribution < 1.29 is 9.53 Å². The second-order valence-corrected chi connectivity index (χ2v) is 5.84. The lowest BCUT2D eigenvalue weighted by molar-refractivity contribution is -0.121. The van der Waals surface area contributed by atoms with Gasteiger partial charge >= 0.3 is 0 Å². The van der Waals surface area contributed by atoms with Crippen LogP contribution in [0.15, 0.2) is 28.7 Å². The summed E-state index contributed by atoms with van der Waals surface area (Å²) in [5.74, 6) is 1.69. The molecule has 1 amide bonds. The molecule has 0 heterocycles. The fraction of sp³-hybridized carbons (Fsp3) is 0.533. The Bertz CT molecular complexity index is 418. The molecule has 19 heavy (non-hydrogen) atoms. The summed E-state index contributed by atoms with van der Waals surface area (Å²) in [4.78, 5) is 11.6. The van der Waals surface area contributed by atoms with E-state index >= 15 is 0 Å². The minimum Gasteiger partial charge on any atom is -0.492 e. The summed E-state index contributed by atoms with van der Waals surface area (Å²) >= 11 is 3.43. The van der Waals surface area contributed by atoms with Gasteiger partial charge in [0.2, 0.25) is 5.91 Å². The van der Waals surface area contributed by atoms with Gasteiger partial charge in [0.15, 0.2) is 0 Å². The van der Waals surface area contributed by atoms with Gasteiger partial charge in [0.1, 0.15) is 5.75 Å². The van der Waals surface area contributed by atoms with Crippen LogP contribution in [0.5, 0.6) is 5.75 Å². The molecular formula is C15H20BrNO2. The Kier molecular flexibility index (Phi) is 5.70. The number of benzene rings is 1. The van der Waals surface area contributed by atoms with E-state index in [1.165, 1.54) is 19.3 Å². The van der Waals surface area contributed by atoms with Crippen LogP contribution in [0.4, 0.5) is 0 Å². The van der Waals surface area contributed by atoms with E-state index in [-0.39, 0.29) is 5.91 Å². The number of carbonyl (C=O) groups is 1. The van der Waals surface area contributed by atoms with Crippen molar-refractivity contribution in [1.82, 2.24) is 5.32 Å². The summed E-state index contributed by atoms with van der Waals surface area (Å²) in [6.45, 7) is 1.42. The average Bonchev–Trinajstić information content (AvgIpc) is 2.35. The summed E-state index contributed by atoms with van der Waals surface area (Å²) in [5.41, 5.74) is 0. The van der Waals surface area contributed by atoms with Crippen molar-refractivity contribution >= 4 is 21.8 Å². The van der Waals surface area contributed by atoms with Crippen molar-refractivity contribution in [1.29, 1.82) is 0 Å². The van der Waals surface area contributed by atoms with Crippen LogP contribution >= 0.6 is 15.9 Å². The molecule has 104 valence electrons. The zero-order valence-corrected chi connectivity index (χ0v) is 12.6. The van der Waals surface area contributed by atoms with E-state index in [2.05, 4.69) is 21.2 Å². The summed E-state index contributed by atoms with van der Waals surface area (Å²) in [5, 5.41) is 2.99. The summed E-state index contributed by atoms with van der Waals surface area (Å²) in [6.07, 6.45) is 5.15. The quantitative estimate of drug-likeness (QED) is 0.779. The van der Waals surface area contributed by atoms with Gasteiger partial charge in [-0.3, -0.25) is 4.79 Å². The Hall–Kier alpha value is -1.03. The van der Waals surface area contributed by atoms with Crippen LogP contribution in [-0.4, -0.2) is 19.1 Å². The molecule has 0 aliphatic heterocycles. The molecule has 0 unspecified atom stereocenters. The standard InChI is InChI=1S/C15H20BrNO2/c16-13-7-1-2-8-14(13)19-10-4-9-15(18)17-11-12-5-3-6-12/h1-2,7-8,12H,3-6,9-11H2,(H,17,18). The van der Waals surface area contributed by atoms with Crippen LogP contribution in [0.25, 0.3) is 0 Å². The van der Waals surface area contributed by atoms with Crippen LogP contribution in [0, 0.1) is 5.92 Å². The van der Waals surface area contributed by atoms with Crippen LogP contribution in [0.1, 0.15) is 32.1 Å². The highest BCUT2D eigenvalue weighted by Crippen LogP contribution is 2.25. The molecule has 1 saturated carbocycles. The molecule has 3 nitrogen and oxygen atoms in total. The van der Waals surface area contributed by atoms with E-state index in [4.69, 9.17) is 4.74 Å². The lowest BCUT2D eigenvalue weighted by atomic mass is 9.85. The molecule has 0 atom stereocenters. The fourth-order valence-corrected chi connectivity index (χ4v) is 2.42. The first-order valence-corrected chi connectivity index (χ1v) is 7.69. The zero-order valence-electron chi connectivity index (χ0n) is 11.0. The molecule has 1 aromatic rings. The van der Waals surface area contributed by atoms with Crippen molar-refractivity contribution in [3.8, 4) is 5.75 Å². The second kappa shape index (κ2) is 7.53. The topological polar surface area (TPSA) is 38.3 Å². The Morgan fingerprint density at radius 2 is 2.16 bits per heavy atom. The number of carbonyl (C=O) groups excluding carboxylic acids is 1. The summed E-state index contributed by atoms with van der Waals surface area (Å²) < 4.78 is 6.57. The molecule has 0 radical (unpaired) electrons. The molecule has 1 aliphatic rings. The molecule has 1 fully saturated rings. The summed E-state index contributed by atoms with van der Waals surface area (Å²) in [7, 11) is 0. The first kappa shape index (κ1) is 14.4. The van der Waals surface area contributed by atoms with Gasteiger partial charge in [0.05, 0.1) is 11.1 Å². The zero-order chi connectivity index (χ0) is 13.5. The van der Waals surface area contributed by atoms with Crippen molar-refractivity contribution in [3.05, 3.63) is 28.7 Å². The van der Waals surface area contributed by atoms with Gasteiger partial charge in [-0.2, -0.15) is 0 Å². The number of rotatable bonds is 7. The number of hydrogen-bond acceptors (Lipinski definition) is 2. The molecule has 0 bridgehead atoms. The van der Waals surface area contributed by atoms with Crippen LogP contribution in [0.2, 0.25) is 0 Å². The molecule has 0 saturated heterocycles. The molecule has 1 aromatic carbocycles. The van der Waals surface area contributed by atoms with E-state index in [1.54, 1.807) is 0 Å². The Morgan fingerprint density at radius 3 is 2.84 bits per heavy atom. The van der Waals surface area contributed by atoms with E-state index in [1.807, 2.05) is 24.3 Å². The highest BCUT2D eigenvalue weighted by atomic mass is 79.9. The Morgan fingerprint density at radius 1 is 1.37 bits per heavy atom. The number of nitrogens with one attached hydrogen (secondary N) is 1. The minimum atomic E-state index is 0.141. The number of ether oxygens (including phenoxy) is 1. The predicted molar refractivity (Wildman–Crippen MR) is 79.2 cm³/mol. The van der Waals surface area contributed by atoms with Gasteiger partial charge in [-0.15, -0.1) is 0 Å². The minimum absolute atomic E-state index is 0.141. The van der Waals surface area contributed by atoms with E-state index in [0.29, 0.717) is 13.0 Å². The van der Waals surface area contributed by atoms with E-state index in [9.17, 15) is 4.79 Å². The van der Waals surface area contributed by atoms with Crippen molar-refractivity contribution in [2.45, 2.75) is 32.1 Å². The number of halogens is 1. The van der Waals surface area contributed by atoms with Crippen molar-refractivity contribution in [2.24, 2.45) is 5.92 Å². The molecule has 4 heteroatoms. The monoisotopic (exact) mass is 325 g/mol. The first-order valence-electron chi connectivity index (χ1n) is 6.90. The maximum atomic E-state index is 11.6. The van der Waals surface area contributed by atoms with Crippen molar-refractivity contribution in [3.63, 3.8) is 0 Å². The maximum Gasteiger partial charge on any atom is 0.220 e. The number of para-hydroxylation sites is 1. The van der Waals surface area contributed by atoms with E-state index in [0.717, 1.165) is 29.1 Å². The van der Waals surface area contributed by atoms with Crippen LogP contribution < -0.4 is 10.1 Å². The Labute approximate surface area is 122 Å². The number of amides is 1. The van der Waals surface area contributed by atoms with Gasteiger partial charge in [-0.25, -0.2) is 0 Å². The molecule has 0 aromatic heterocycles. The summed E-state index contributed by atoms with van der Waals surface area (Å²) in [6, 6.07) is 7.75. The normalized spacial score (nSPS) is 14.8. The highest BCUT2D eigenvalue weighted by molar-refractivity contribution is 9.10. The predicted octanol–water partition coefficient (Wildman–Crippen LogP) is 3.52. The van der Waals surface area contributed by atoms with Gasteiger partial charge in [0, 0.05) is 13.0 Å². The third-order valence-electron chi connectivity index (χ3n) is 3.46.